The van der Waals surface area contributed by atoms with E-state index in [-0.39, 0.29) is 16.6 Å². The van der Waals surface area contributed by atoms with Gasteiger partial charge in [0.25, 0.3) is 5.91 Å². The molecule has 6 nitrogen and oxygen atoms in total. The van der Waals surface area contributed by atoms with Crippen LogP contribution in [0.4, 0.5) is 5.13 Å². The molecule has 0 saturated heterocycles. The van der Waals surface area contributed by atoms with Crippen LogP contribution >= 0.6 is 11.3 Å². The number of likely N-dealkylation sites (N-methyl/N-ethyl adjacent to an activating group) is 1. The maximum atomic E-state index is 12.4. The molecular weight excluding hydrogens is 346 g/mol. The van der Waals surface area contributed by atoms with Gasteiger partial charge in [-0.1, -0.05) is 13.0 Å². The number of sulfone groups is 1. The lowest BCUT2D eigenvalue weighted by Gasteiger charge is -2.20. The summed E-state index contributed by atoms with van der Waals surface area (Å²) < 4.78 is 23.9. The first-order valence-electron chi connectivity index (χ1n) is 7.70. The number of fused-ring (bicyclic) bond motifs is 1. The molecule has 1 aliphatic rings. The fourth-order valence-corrected chi connectivity index (χ4v) is 4.55. The van der Waals surface area contributed by atoms with Gasteiger partial charge >= 0.3 is 0 Å². The van der Waals surface area contributed by atoms with E-state index in [2.05, 4.69) is 22.2 Å². The predicted octanol–water partition coefficient (Wildman–Crippen LogP) is 2.18. The molecule has 1 aromatic carbocycles. The molecule has 0 fully saturated rings. The standard InChI is InChI=1S/C16H19N3O3S2/c1-3-24(21,22)12-6-4-5-11(9-12)15(20)18-16-17-13-7-8-19(2)10-14(13)23-16/h4-6,9H,3,7-8,10H2,1-2H3,(H,17,18,20). The number of thiazole rings is 1. The van der Waals surface area contributed by atoms with Crippen LogP contribution in [0.5, 0.6) is 0 Å². The number of carbonyl (C=O) groups is 1. The molecule has 0 aliphatic carbocycles. The summed E-state index contributed by atoms with van der Waals surface area (Å²) in [6.45, 7) is 3.38. The fourth-order valence-electron chi connectivity index (χ4n) is 2.54. The van der Waals surface area contributed by atoms with E-state index < -0.39 is 9.84 Å². The molecule has 1 aliphatic heterocycles. The minimum absolute atomic E-state index is 0.00475. The van der Waals surface area contributed by atoms with E-state index in [1.165, 1.54) is 28.3 Å². The van der Waals surface area contributed by atoms with Crippen molar-refractivity contribution in [3.63, 3.8) is 0 Å². The number of carbonyl (C=O) groups excluding carboxylic acids is 1. The Hall–Kier alpha value is -1.77. The van der Waals surface area contributed by atoms with Gasteiger partial charge in [0.15, 0.2) is 15.0 Å². The molecule has 128 valence electrons. The number of hydrogen-bond donors (Lipinski definition) is 1. The number of nitrogens with zero attached hydrogens (tertiary/aromatic N) is 2. The summed E-state index contributed by atoms with van der Waals surface area (Å²) >= 11 is 1.47. The predicted molar refractivity (Wildman–Crippen MR) is 94.3 cm³/mol. The van der Waals surface area contributed by atoms with Gasteiger partial charge in [0.1, 0.15) is 0 Å². The number of amides is 1. The Bertz CT molecular complexity index is 874. The molecule has 0 bridgehead atoms. The second-order valence-electron chi connectivity index (χ2n) is 5.76. The van der Waals surface area contributed by atoms with E-state index >= 15 is 0 Å². The zero-order chi connectivity index (χ0) is 17.3. The molecule has 0 unspecified atom stereocenters. The lowest BCUT2D eigenvalue weighted by molar-refractivity contribution is 0.102. The number of aromatic nitrogens is 1. The third-order valence-corrected chi connectivity index (χ3v) is 6.71. The van der Waals surface area contributed by atoms with Crippen molar-refractivity contribution < 1.29 is 13.2 Å². The topological polar surface area (TPSA) is 79.4 Å². The molecule has 2 heterocycles. The Kier molecular flexibility index (Phi) is 4.71. The third-order valence-electron chi connectivity index (χ3n) is 3.98. The molecule has 0 atom stereocenters. The second kappa shape index (κ2) is 6.62. The third kappa shape index (κ3) is 3.50. The van der Waals surface area contributed by atoms with Crippen LogP contribution in [-0.2, 0) is 22.8 Å². The molecule has 0 spiro atoms. The van der Waals surface area contributed by atoms with Gasteiger partial charge in [-0.2, -0.15) is 0 Å². The van der Waals surface area contributed by atoms with E-state index in [0.29, 0.717) is 10.7 Å². The van der Waals surface area contributed by atoms with Crippen LogP contribution in [0.2, 0.25) is 0 Å². The number of benzene rings is 1. The zero-order valence-corrected chi connectivity index (χ0v) is 15.2. The summed E-state index contributed by atoms with van der Waals surface area (Å²) in [7, 11) is -1.28. The van der Waals surface area contributed by atoms with Crippen LogP contribution in [0.15, 0.2) is 29.2 Å². The molecule has 2 aromatic rings. The SMILES string of the molecule is CCS(=O)(=O)c1cccc(C(=O)Nc2nc3c(s2)CN(C)CC3)c1. The van der Waals surface area contributed by atoms with Crippen LogP contribution in [-0.4, -0.2) is 43.6 Å². The van der Waals surface area contributed by atoms with E-state index in [0.717, 1.165) is 25.2 Å². The van der Waals surface area contributed by atoms with Gasteiger partial charge in [-0.3, -0.25) is 10.1 Å². The first kappa shape index (κ1) is 17.1. The van der Waals surface area contributed by atoms with Crippen LogP contribution in [0.25, 0.3) is 0 Å². The molecule has 0 saturated carbocycles. The van der Waals surface area contributed by atoms with E-state index in [9.17, 15) is 13.2 Å². The van der Waals surface area contributed by atoms with Crippen molar-refractivity contribution in [2.45, 2.75) is 24.8 Å². The van der Waals surface area contributed by atoms with Crippen molar-refractivity contribution >= 4 is 32.2 Å². The average molecular weight is 365 g/mol. The molecule has 1 aromatic heterocycles. The summed E-state index contributed by atoms with van der Waals surface area (Å²) in [5.74, 6) is -0.340. The Morgan fingerprint density at radius 3 is 2.96 bits per heavy atom. The normalized spacial score (nSPS) is 15.1. The molecule has 24 heavy (non-hydrogen) atoms. The van der Waals surface area contributed by atoms with Gasteiger partial charge in [-0.05, 0) is 25.2 Å². The van der Waals surface area contributed by atoms with Gasteiger partial charge < -0.3 is 4.90 Å². The number of nitrogens with one attached hydrogen (secondary N) is 1. The highest BCUT2D eigenvalue weighted by Gasteiger charge is 2.20. The van der Waals surface area contributed by atoms with Crippen LogP contribution < -0.4 is 5.32 Å². The van der Waals surface area contributed by atoms with Gasteiger partial charge in [0.05, 0.1) is 16.3 Å². The van der Waals surface area contributed by atoms with Crippen molar-refractivity contribution in [3.8, 4) is 0 Å². The van der Waals surface area contributed by atoms with Gasteiger partial charge in [0, 0.05) is 30.0 Å². The van der Waals surface area contributed by atoms with E-state index in [1.54, 1.807) is 19.1 Å². The van der Waals surface area contributed by atoms with Crippen LogP contribution in [0, 0.1) is 0 Å². The first-order chi connectivity index (χ1) is 11.4. The highest BCUT2D eigenvalue weighted by molar-refractivity contribution is 7.91. The van der Waals surface area contributed by atoms with Crippen molar-refractivity contribution in [2.75, 3.05) is 24.7 Å². The van der Waals surface area contributed by atoms with Crippen LogP contribution in [0.3, 0.4) is 0 Å². The molecule has 0 radical (unpaired) electrons. The van der Waals surface area contributed by atoms with Gasteiger partial charge in [-0.25, -0.2) is 13.4 Å². The van der Waals surface area contributed by atoms with Crippen molar-refractivity contribution in [1.29, 1.82) is 0 Å². The Balaban J connectivity index is 1.80. The maximum Gasteiger partial charge on any atom is 0.257 e. The Labute approximate surface area is 145 Å². The molecule has 1 amide bonds. The van der Waals surface area contributed by atoms with E-state index in [1.807, 2.05) is 0 Å². The summed E-state index contributed by atoms with van der Waals surface area (Å²) in [4.78, 5) is 20.4. The summed E-state index contributed by atoms with van der Waals surface area (Å²) in [6, 6.07) is 6.10. The minimum atomic E-state index is -3.33. The number of rotatable bonds is 4. The molecular formula is C16H19N3O3S2. The summed E-state index contributed by atoms with van der Waals surface area (Å²) in [5, 5.41) is 3.34. The summed E-state index contributed by atoms with van der Waals surface area (Å²) in [6.07, 6.45) is 0.877. The quantitative estimate of drug-likeness (QED) is 0.898. The zero-order valence-electron chi connectivity index (χ0n) is 13.6. The van der Waals surface area contributed by atoms with E-state index in [4.69, 9.17) is 0 Å². The lowest BCUT2D eigenvalue weighted by Crippen LogP contribution is -2.25. The van der Waals surface area contributed by atoms with Crippen LogP contribution in [0.1, 0.15) is 27.9 Å². The first-order valence-corrected chi connectivity index (χ1v) is 10.2. The monoisotopic (exact) mass is 365 g/mol. The minimum Gasteiger partial charge on any atom is -0.301 e. The Morgan fingerprint density at radius 2 is 2.21 bits per heavy atom. The molecule has 3 rings (SSSR count). The number of anilines is 1. The van der Waals surface area contributed by atoms with Gasteiger partial charge in [0.2, 0.25) is 0 Å². The van der Waals surface area contributed by atoms with Gasteiger partial charge in [-0.15, -0.1) is 11.3 Å². The molecule has 8 heteroatoms. The molecule has 1 N–H and O–H groups in total. The van der Waals surface area contributed by atoms with Crippen molar-refractivity contribution in [2.24, 2.45) is 0 Å². The largest absolute Gasteiger partial charge is 0.301 e. The average Bonchev–Trinajstić information content (AvgIpc) is 2.96. The number of hydrogen-bond acceptors (Lipinski definition) is 6. The fraction of sp³-hybridized carbons (Fsp3) is 0.375. The highest BCUT2D eigenvalue weighted by atomic mass is 32.2. The Morgan fingerprint density at radius 1 is 1.42 bits per heavy atom. The second-order valence-corrected chi connectivity index (χ2v) is 9.12. The van der Waals surface area contributed by atoms with Crippen molar-refractivity contribution in [1.82, 2.24) is 9.88 Å². The summed E-state index contributed by atoms with van der Waals surface area (Å²) in [5.41, 5.74) is 1.35. The maximum absolute atomic E-state index is 12.4. The smallest absolute Gasteiger partial charge is 0.257 e. The highest BCUT2D eigenvalue weighted by Crippen LogP contribution is 2.28. The lowest BCUT2D eigenvalue weighted by atomic mass is 10.2. The van der Waals surface area contributed by atoms with Crippen molar-refractivity contribution in [3.05, 3.63) is 40.4 Å².